The van der Waals surface area contributed by atoms with Crippen LogP contribution in [0, 0.1) is 5.41 Å². The summed E-state index contributed by atoms with van der Waals surface area (Å²) in [6.45, 7) is 2.55. The van der Waals surface area contributed by atoms with Gasteiger partial charge in [0.25, 0.3) is 0 Å². The number of carbonyl (C=O) groups excluding carboxylic acids is 2. The van der Waals surface area contributed by atoms with E-state index in [0.717, 1.165) is 11.3 Å². The third kappa shape index (κ3) is 13.9. The number of hydrogen-bond donors (Lipinski definition) is 7. The first-order valence-electron chi connectivity index (χ1n) is 12.4. The summed E-state index contributed by atoms with van der Waals surface area (Å²) in [7, 11) is 0. The fourth-order valence-corrected chi connectivity index (χ4v) is 3.21. The van der Waals surface area contributed by atoms with Gasteiger partial charge in [-0.1, -0.05) is 42.5 Å². The van der Waals surface area contributed by atoms with Gasteiger partial charge in [0.1, 0.15) is 23.7 Å². The molecule has 0 aliphatic carbocycles. The molecule has 0 aromatic heterocycles. The van der Waals surface area contributed by atoms with Gasteiger partial charge < -0.3 is 36.6 Å². The van der Waals surface area contributed by atoms with Gasteiger partial charge in [0.15, 0.2) is 0 Å². The summed E-state index contributed by atoms with van der Waals surface area (Å²) in [6.07, 6.45) is -9.72. The highest BCUT2D eigenvalue weighted by atomic mass is 19.4. The van der Waals surface area contributed by atoms with Crippen molar-refractivity contribution in [2.75, 3.05) is 6.54 Å². The van der Waals surface area contributed by atoms with Crippen LogP contribution < -0.4 is 26.4 Å². The maximum atomic E-state index is 12.5. The molecule has 1 aliphatic heterocycles. The van der Waals surface area contributed by atoms with Gasteiger partial charge in [-0.15, -0.1) is 0 Å². The normalized spacial score (nSPS) is 16.5. The molecule has 242 valence electrons. The van der Waals surface area contributed by atoms with E-state index in [1.54, 1.807) is 31.2 Å². The van der Waals surface area contributed by atoms with Crippen LogP contribution in [-0.4, -0.2) is 76.9 Å². The van der Waals surface area contributed by atoms with E-state index in [1.807, 2.05) is 30.3 Å². The lowest BCUT2D eigenvalue weighted by Crippen LogP contribution is -2.49. The van der Waals surface area contributed by atoms with Crippen molar-refractivity contribution >= 4 is 29.6 Å². The molecule has 1 aliphatic rings. The minimum atomic E-state index is -5.08. The van der Waals surface area contributed by atoms with Crippen LogP contribution in [0.1, 0.15) is 24.5 Å². The number of alkyl halides is 6. The van der Waals surface area contributed by atoms with Crippen molar-refractivity contribution in [2.24, 2.45) is 5.73 Å². The van der Waals surface area contributed by atoms with Crippen molar-refractivity contribution in [2.45, 2.75) is 50.4 Å². The molecule has 2 aromatic rings. The SMILES string of the molecule is C[C@H](NC(=O)[C@H]1C[C@H](Oc2ccccc2)CN1)C(=O)NCc1ccc(C(=N)N)cc1.O=C(O)C(F)(F)F.O=C(O)C(F)(F)F. The largest absolute Gasteiger partial charge is 0.490 e. The second-order valence-corrected chi connectivity index (χ2v) is 8.91. The number of carboxylic acid groups (broad SMARTS) is 2. The van der Waals surface area contributed by atoms with Crippen LogP contribution >= 0.6 is 0 Å². The fraction of sp³-hybridized carbons (Fsp3) is 0.346. The maximum absolute atomic E-state index is 12.5. The topological polar surface area (TPSA) is 204 Å². The Morgan fingerprint density at radius 3 is 1.93 bits per heavy atom. The Balaban J connectivity index is 0.000000574. The zero-order valence-corrected chi connectivity index (χ0v) is 22.8. The number of carbonyl (C=O) groups is 4. The number of benzene rings is 2. The minimum Gasteiger partial charge on any atom is -0.489 e. The molecular formula is C26H29F6N5O7. The second kappa shape index (κ2) is 16.7. The molecule has 3 rings (SSSR count). The monoisotopic (exact) mass is 637 g/mol. The van der Waals surface area contributed by atoms with Gasteiger partial charge in [-0.3, -0.25) is 15.0 Å². The lowest BCUT2D eigenvalue weighted by molar-refractivity contribution is -0.193. The molecule has 8 N–H and O–H groups in total. The summed E-state index contributed by atoms with van der Waals surface area (Å²) < 4.78 is 69.3. The van der Waals surface area contributed by atoms with Gasteiger partial charge in [-0.05, 0) is 24.6 Å². The first kappa shape index (κ1) is 37.2. The van der Waals surface area contributed by atoms with Crippen LogP contribution in [0.3, 0.4) is 0 Å². The summed E-state index contributed by atoms with van der Waals surface area (Å²) in [5.74, 6) is -5.23. The summed E-state index contributed by atoms with van der Waals surface area (Å²) in [6, 6.07) is 15.5. The zero-order chi connectivity index (χ0) is 33.7. The molecule has 12 nitrogen and oxygen atoms in total. The maximum Gasteiger partial charge on any atom is 0.490 e. The third-order valence-corrected chi connectivity index (χ3v) is 5.42. The lowest BCUT2D eigenvalue weighted by Gasteiger charge is -2.17. The molecule has 44 heavy (non-hydrogen) atoms. The molecule has 18 heteroatoms. The van der Waals surface area contributed by atoms with E-state index < -0.39 is 36.4 Å². The smallest absolute Gasteiger partial charge is 0.489 e. The molecule has 0 radical (unpaired) electrons. The summed E-state index contributed by atoms with van der Waals surface area (Å²) in [4.78, 5) is 42.6. The molecule has 3 atom stereocenters. The minimum absolute atomic E-state index is 0.00106. The number of hydrogen-bond acceptors (Lipinski definition) is 7. The highest BCUT2D eigenvalue weighted by molar-refractivity contribution is 5.95. The van der Waals surface area contributed by atoms with Gasteiger partial charge in [0.05, 0.1) is 6.04 Å². The number of nitrogen functional groups attached to an aromatic ring is 1. The number of aliphatic carboxylic acids is 2. The summed E-state index contributed by atoms with van der Waals surface area (Å²) in [5, 5.41) is 30.3. The Morgan fingerprint density at radius 1 is 0.977 bits per heavy atom. The van der Waals surface area contributed by atoms with Crippen LogP contribution in [0.2, 0.25) is 0 Å². The second-order valence-electron chi connectivity index (χ2n) is 8.91. The number of rotatable bonds is 8. The van der Waals surface area contributed by atoms with Crippen LogP contribution in [-0.2, 0) is 25.7 Å². The van der Waals surface area contributed by atoms with Crippen LogP contribution in [0.4, 0.5) is 26.3 Å². The standard InChI is InChI=1S/C22H27N5O3.2C2HF3O2/c1-14(21(28)26-12-15-7-9-16(10-8-15)20(23)24)27-22(29)19-11-18(13-25-19)30-17-5-3-2-4-6-17;2*3-2(4,5)1(6)7/h2-10,14,18-19,25H,11-13H2,1H3,(H3,23,24)(H,26,28)(H,27,29);2*(H,6,7)/t14-,18-,19+;;/m0../s1. The molecule has 0 bridgehead atoms. The van der Waals surface area contributed by atoms with Gasteiger partial charge in [0, 0.05) is 25.1 Å². The van der Waals surface area contributed by atoms with Gasteiger partial charge in [-0.25, -0.2) is 9.59 Å². The number of ether oxygens (including phenoxy) is 1. The molecule has 0 unspecified atom stereocenters. The number of nitrogens with one attached hydrogen (secondary N) is 4. The fourth-order valence-electron chi connectivity index (χ4n) is 3.21. The molecule has 1 saturated heterocycles. The third-order valence-electron chi connectivity index (χ3n) is 5.42. The summed E-state index contributed by atoms with van der Waals surface area (Å²) in [5.41, 5.74) is 6.94. The van der Waals surface area contributed by atoms with E-state index in [0.29, 0.717) is 25.1 Å². The zero-order valence-electron chi connectivity index (χ0n) is 22.8. The van der Waals surface area contributed by atoms with Gasteiger partial charge in [-0.2, -0.15) is 26.3 Å². The molecule has 0 spiro atoms. The molecule has 0 saturated carbocycles. The van der Waals surface area contributed by atoms with Crippen LogP contribution in [0.5, 0.6) is 5.75 Å². The molecule has 2 amide bonds. The van der Waals surface area contributed by atoms with Crippen molar-refractivity contribution in [3.63, 3.8) is 0 Å². The quantitative estimate of drug-likeness (QED) is 0.129. The number of halogens is 6. The average Bonchev–Trinajstić information content (AvgIpc) is 3.40. The van der Waals surface area contributed by atoms with Crippen molar-refractivity contribution in [3.8, 4) is 5.75 Å². The first-order valence-corrected chi connectivity index (χ1v) is 12.4. The lowest BCUT2D eigenvalue weighted by atomic mass is 10.1. The number of amides is 2. The highest BCUT2D eigenvalue weighted by Crippen LogP contribution is 2.17. The van der Waals surface area contributed by atoms with Crippen molar-refractivity contribution in [1.29, 1.82) is 5.41 Å². The Bertz CT molecular complexity index is 1250. The number of nitrogens with two attached hydrogens (primary N) is 1. The Labute approximate surface area is 246 Å². The van der Waals surface area contributed by atoms with E-state index in [4.69, 9.17) is 35.7 Å². The molecule has 2 aromatic carbocycles. The predicted molar refractivity (Wildman–Crippen MR) is 142 cm³/mol. The van der Waals surface area contributed by atoms with E-state index in [9.17, 15) is 35.9 Å². The Hall–Kier alpha value is -4.87. The van der Waals surface area contributed by atoms with Crippen molar-refractivity contribution < 1.29 is 60.5 Å². The predicted octanol–water partition coefficient (Wildman–Crippen LogP) is 2.17. The highest BCUT2D eigenvalue weighted by Gasteiger charge is 2.39. The Kier molecular flexibility index (Phi) is 14.1. The van der Waals surface area contributed by atoms with Gasteiger partial charge in [0.2, 0.25) is 11.8 Å². The summed E-state index contributed by atoms with van der Waals surface area (Å²) >= 11 is 0. The van der Waals surface area contributed by atoms with E-state index in [2.05, 4.69) is 16.0 Å². The number of para-hydroxylation sites is 1. The number of carboxylic acids is 2. The molecule has 1 fully saturated rings. The van der Waals surface area contributed by atoms with Crippen molar-refractivity contribution in [1.82, 2.24) is 16.0 Å². The van der Waals surface area contributed by atoms with E-state index in [-0.39, 0.29) is 23.8 Å². The van der Waals surface area contributed by atoms with Crippen molar-refractivity contribution in [3.05, 3.63) is 65.7 Å². The van der Waals surface area contributed by atoms with Crippen LogP contribution in [0.25, 0.3) is 0 Å². The average molecular weight is 638 g/mol. The molecule has 1 heterocycles. The van der Waals surface area contributed by atoms with E-state index >= 15 is 0 Å². The van der Waals surface area contributed by atoms with E-state index in [1.165, 1.54) is 0 Å². The molecular weight excluding hydrogens is 608 g/mol. The first-order chi connectivity index (χ1) is 20.3. The van der Waals surface area contributed by atoms with Crippen LogP contribution in [0.15, 0.2) is 54.6 Å². The van der Waals surface area contributed by atoms with Gasteiger partial charge >= 0.3 is 24.3 Å². The Morgan fingerprint density at radius 2 is 1.48 bits per heavy atom. The number of amidine groups is 1.